The van der Waals surface area contributed by atoms with Crippen LogP contribution in [0.2, 0.25) is 10.0 Å². The van der Waals surface area contributed by atoms with Crippen molar-refractivity contribution in [1.82, 2.24) is 35.8 Å². The Hall–Kier alpha value is -7.33. The second-order valence-electron chi connectivity index (χ2n) is 23.6. The van der Waals surface area contributed by atoms with Crippen LogP contribution >= 0.6 is 23.2 Å². The van der Waals surface area contributed by atoms with Gasteiger partial charge in [0.05, 0.1) is 29.2 Å². The molecule has 6 N–H and O–H groups in total. The number of terminal acetylenes is 1. The van der Waals surface area contributed by atoms with E-state index < -0.39 is 34.9 Å². The van der Waals surface area contributed by atoms with Crippen LogP contribution in [-0.2, 0) is 10.2 Å². The minimum absolute atomic E-state index is 0.00440. The highest BCUT2D eigenvalue weighted by Gasteiger charge is 2.61. The Balaban J connectivity index is 0.742. The van der Waals surface area contributed by atoms with Gasteiger partial charge in [-0.2, -0.15) is 9.97 Å². The highest BCUT2D eigenvalue weighted by Crippen LogP contribution is 2.57. The quantitative estimate of drug-likeness (QED) is 0.0568. The number of methoxy groups -OCH3 is 1. The van der Waals surface area contributed by atoms with Gasteiger partial charge in [-0.15, -0.1) is 6.42 Å². The summed E-state index contributed by atoms with van der Waals surface area (Å²) < 4.78 is 45.9. The molecule has 15 nitrogen and oxygen atoms in total. The molecule has 5 aliphatic heterocycles. The number of carbonyl (C=O) groups is 2. The predicted octanol–water partition coefficient (Wildman–Crippen LogP) is 10.2. The Morgan fingerprint density at radius 1 is 0.963 bits per heavy atom. The number of anilines is 3. The lowest BCUT2D eigenvalue weighted by atomic mass is 9.63. The second kappa shape index (κ2) is 22.1. The minimum atomic E-state index is -0.919. The van der Waals surface area contributed by atoms with Crippen LogP contribution in [-0.4, -0.2) is 120 Å². The average molecular weight is 1150 g/mol. The van der Waals surface area contributed by atoms with Gasteiger partial charge < -0.3 is 46.1 Å². The number of halogens is 4. The lowest BCUT2D eigenvalue weighted by Crippen LogP contribution is -2.51. The molecule has 19 heteroatoms. The van der Waals surface area contributed by atoms with Crippen molar-refractivity contribution in [2.45, 2.75) is 94.4 Å². The van der Waals surface area contributed by atoms with E-state index >= 15 is 8.78 Å². The van der Waals surface area contributed by atoms with Crippen LogP contribution in [0.4, 0.5) is 26.0 Å². The normalized spacial score (nSPS) is 23.0. The second-order valence-corrected chi connectivity index (χ2v) is 24.4. The number of nitrogens with one attached hydrogen (secondary N) is 5. The van der Waals surface area contributed by atoms with Gasteiger partial charge in [0.25, 0.3) is 5.91 Å². The number of phenols is 1. The van der Waals surface area contributed by atoms with E-state index in [1.54, 1.807) is 54.7 Å². The maximum atomic E-state index is 17.2. The van der Waals surface area contributed by atoms with Crippen molar-refractivity contribution in [3.8, 4) is 41.1 Å². The van der Waals surface area contributed by atoms with E-state index in [-0.39, 0.29) is 75.8 Å². The molecule has 7 aromatic rings. The summed E-state index contributed by atoms with van der Waals surface area (Å²) in [4.78, 5) is 47.4. The predicted molar refractivity (Wildman–Crippen MR) is 317 cm³/mol. The number of amides is 2. The molecule has 4 unspecified atom stereocenters. The lowest BCUT2D eigenvalue weighted by molar-refractivity contribution is -0.118. The minimum Gasteiger partial charge on any atom is -0.508 e. The summed E-state index contributed by atoms with van der Waals surface area (Å²) in [6.45, 7) is 10.1. The zero-order valence-electron chi connectivity index (χ0n) is 46.0. The molecule has 0 radical (unpaired) electrons. The molecule has 4 saturated heterocycles. The smallest absolute Gasteiger partial charge is 0.319 e. The Morgan fingerprint density at radius 2 is 1.77 bits per heavy atom. The number of phenolic OH excluding ortho intramolecular Hbond substituents is 1. The van der Waals surface area contributed by atoms with Gasteiger partial charge in [-0.3, -0.25) is 19.5 Å². The molecular weight excluding hydrogens is 1090 g/mol. The molecule has 5 aliphatic rings. The number of likely N-dealkylation sites (tertiary alicyclic amines) is 1. The number of aromatic nitrogens is 3. The first-order valence-electron chi connectivity index (χ1n) is 28.0. The molecule has 4 fully saturated rings. The Labute approximate surface area is 484 Å². The topological polar surface area (TPSA) is 178 Å². The van der Waals surface area contributed by atoms with Crippen molar-refractivity contribution in [3.63, 3.8) is 0 Å². The fourth-order valence-electron chi connectivity index (χ4n) is 13.6. The molecule has 424 valence electrons. The third kappa shape index (κ3) is 10.3. The summed E-state index contributed by atoms with van der Waals surface area (Å²) in [5.41, 5.74) is 2.74. The van der Waals surface area contributed by atoms with Crippen LogP contribution in [0.1, 0.15) is 85.8 Å². The van der Waals surface area contributed by atoms with Gasteiger partial charge in [0.2, 0.25) is 5.91 Å². The zero-order chi connectivity index (χ0) is 57.2. The van der Waals surface area contributed by atoms with Crippen molar-refractivity contribution in [2.75, 3.05) is 68.5 Å². The molecule has 2 aromatic heterocycles. The maximum absolute atomic E-state index is 17.2. The molecule has 7 atom stereocenters. The van der Waals surface area contributed by atoms with Gasteiger partial charge in [-0.1, -0.05) is 80.2 Å². The summed E-state index contributed by atoms with van der Waals surface area (Å²) >= 11 is 13.0. The summed E-state index contributed by atoms with van der Waals surface area (Å²) in [5, 5.41) is 30.0. The van der Waals surface area contributed by atoms with Crippen LogP contribution in [0.5, 0.6) is 17.5 Å². The monoisotopic (exact) mass is 1150 g/mol. The first kappa shape index (κ1) is 55.2. The molecule has 2 amide bonds. The third-order valence-electron chi connectivity index (χ3n) is 17.2. The highest BCUT2D eigenvalue weighted by atomic mass is 35.5. The van der Waals surface area contributed by atoms with Gasteiger partial charge >= 0.3 is 6.01 Å². The summed E-state index contributed by atoms with van der Waals surface area (Å²) in [6.07, 6.45) is 12.0. The zero-order valence-corrected chi connectivity index (χ0v) is 47.5. The van der Waals surface area contributed by atoms with E-state index in [2.05, 4.69) is 68.1 Å². The van der Waals surface area contributed by atoms with Crippen LogP contribution in [0.25, 0.3) is 32.9 Å². The molecule has 2 bridgehead atoms. The van der Waals surface area contributed by atoms with E-state index in [0.29, 0.717) is 94.1 Å². The van der Waals surface area contributed by atoms with E-state index in [0.717, 1.165) is 43.5 Å². The summed E-state index contributed by atoms with van der Waals surface area (Å²) in [6, 6.07) is 23.2. The summed E-state index contributed by atoms with van der Waals surface area (Å²) in [5.74, 6) is 0.751. The molecule has 0 aliphatic carbocycles. The van der Waals surface area contributed by atoms with Crippen molar-refractivity contribution in [3.05, 3.63) is 135 Å². The Morgan fingerprint density at radius 3 is 2.55 bits per heavy atom. The van der Waals surface area contributed by atoms with Crippen LogP contribution in [0.3, 0.4) is 0 Å². The number of pyridine rings is 1. The summed E-state index contributed by atoms with van der Waals surface area (Å²) in [7, 11) is 1.47. The van der Waals surface area contributed by atoms with Crippen molar-refractivity contribution < 1.29 is 33.0 Å². The number of fused-ring (bicyclic) bond motifs is 6. The van der Waals surface area contributed by atoms with Gasteiger partial charge in [0, 0.05) is 107 Å². The van der Waals surface area contributed by atoms with Gasteiger partial charge in [-0.25, -0.2) is 8.78 Å². The van der Waals surface area contributed by atoms with Crippen molar-refractivity contribution in [1.29, 1.82) is 0 Å². The van der Waals surface area contributed by atoms with Crippen molar-refractivity contribution in [2.24, 2.45) is 5.41 Å². The fraction of sp³-hybridized carbons (Fsp3) is 0.381. The first-order chi connectivity index (χ1) is 39.5. The maximum Gasteiger partial charge on any atom is 0.319 e. The standard InChI is InChI=1S/C63H64Cl2F2N10O5/c1-6-34-10-7-11-35-24-41(78)27-43(51(34)35)55-54(67)56-44(29-69-55)58(77-30-38-17-18-39(31-77)71-38)75-61(74-56)82-32-40-12-9-22-76(40)23-21-68-59(79)36-15-20-47(49(25-36)81-5)72-60(80)57-52(42-13-8-14-46(65)53(42)66)63(50(73-57)28-62(2,3)4)33-70-48-26-37(64)16-19-45(48)63/h1,7-8,10-11,13-16,19-20,24-27,29,38-40,50,52,57,70-71,73,78H,9,12,17-18,21-23,28,30-33H2,2-5H3,(H,68,79)(H,72,80)/t38-,39+,40-,50?,52?,57?,63?/m0/s1. The number of hydrogen-bond acceptors (Lipinski definition) is 13. The molecular formula is C63H64Cl2F2N10O5. The number of aromatic hydroxyl groups is 1. The largest absolute Gasteiger partial charge is 0.508 e. The highest BCUT2D eigenvalue weighted by molar-refractivity contribution is 6.31. The first-order valence-corrected chi connectivity index (χ1v) is 28.7. The number of benzene rings is 5. The van der Waals surface area contributed by atoms with Crippen molar-refractivity contribution >= 4 is 73.9 Å². The number of rotatable bonds is 14. The number of hydrogen-bond donors (Lipinski definition) is 6. The number of nitrogens with zero attached hydrogens (tertiary/aromatic N) is 5. The molecule has 12 rings (SSSR count). The Kier molecular flexibility index (Phi) is 14.9. The van der Waals surface area contributed by atoms with Gasteiger partial charge in [0.1, 0.15) is 41.0 Å². The van der Waals surface area contributed by atoms with Crippen LogP contribution in [0.15, 0.2) is 91.1 Å². The van der Waals surface area contributed by atoms with Gasteiger partial charge in [-0.05, 0) is 115 Å². The number of piperazine rings is 1. The van der Waals surface area contributed by atoms with E-state index in [9.17, 15) is 14.7 Å². The molecule has 5 aromatic carbocycles. The fourth-order valence-corrected chi connectivity index (χ4v) is 13.9. The van der Waals surface area contributed by atoms with E-state index in [1.807, 2.05) is 24.3 Å². The van der Waals surface area contributed by atoms with Crippen LogP contribution in [0, 0.1) is 29.4 Å². The van der Waals surface area contributed by atoms with Crippen LogP contribution < -0.4 is 41.0 Å². The number of ether oxygens (including phenoxy) is 2. The molecule has 7 heterocycles. The third-order valence-corrected chi connectivity index (χ3v) is 17.7. The number of carbonyl (C=O) groups excluding carboxylic acids is 2. The van der Waals surface area contributed by atoms with E-state index in [4.69, 9.17) is 49.1 Å². The van der Waals surface area contributed by atoms with E-state index in [1.165, 1.54) is 19.2 Å². The Bertz CT molecular complexity index is 3710. The molecule has 1 spiro atoms. The molecule has 0 saturated carbocycles. The SMILES string of the molecule is C#Cc1cccc2cc(O)cc(-c3ncc4c(N5C[C@H]6CC[C@@H](C5)N6)nc(OC[C@@H]5CCCN5CCNC(=O)c5ccc(NC(=O)C6NC(CC(C)(C)C)C7(CNc8cc(Cl)ccc87)C6c6cccc(Cl)c6F)c(OC)c5)nc4c3F)c12. The average Bonchev–Trinajstić information content (AvgIpc) is 4.43. The lowest BCUT2D eigenvalue weighted by Gasteiger charge is -2.39. The molecule has 82 heavy (non-hydrogen) atoms. The van der Waals surface area contributed by atoms with Gasteiger partial charge in [0.15, 0.2) is 5.82 Å².